The number of aromatic nitrogens is 2. The van der Waals surface area contributed by atoms with Crippen LogP contribution in [0.25, 0.3) is 21.5 Å². The van der Waals surface area contributed by atoms with Crippen molar-refractivity contribution < 1.29 is 9.90 Å². The fourth-order valence-corrected chi connectivity index (χ4v) is 2.90. The molecule has 0 saturated carbocycles. The molecule has 2 heterocycles. The molecular weight excluding hydrogens is 248 g/mol. The number of H-pyrrole nitrogens is 1. The number of hydrogen-bond donors (Lipinski definition) is 2. The van der Waals surface area contributed by atoms with Gasteiger partial charge in [0.15, 0.2) is 5.69 Å². The van der Waals surface area contributed by atoms with E-state index in [1.54, 1.807) is 18.3 Å². The Balaban J connectivity index is 2.20. The summed E-state index contributed by atoms with van der Waals surface area (Å²) < 4.78 is 1.17. The van der Waals surface area contributed by atoms with Crippen molar-refractivity contribution in [1.29, 1.82) is 0 Å². The number of benzene rings is 1. The number of carboxylic acid groups (broad SMARTS) is 1. The van der Waals surface area contributed by atoms with E-state index in [1.807, 2.05) is 29.6 Å². The quantitative estimate of drug-likeness (QED) is 0.741. The summed E-state index contributed by atoms with van der Waals surface area (Å²) in [5.41, 5.74) is 1.61. The van der Waals surface area contributed by atoms with E-state index >= 15 is 0 Å². The van der Waals surface area contributed by atoms with Gasteiger partial charge < -0.3 is 10.1 Å². The highest BCUT2D eigenvalue weighted by Gasteiger charge is 2.16. The molecular formula is C13H10N2O2S. The smallest absolute Gasteiger partial charge is 0.356 e. The van der Waals surface area contributed by atoms with E-state index < -0.39 is 5.97 Å². The Morgan fingerprint density at radius 2 is 2.17 bits per heavy atom. The fourth-order valence-electron chi connectivity index (χ4n) is 1.96. The zero-order valence-corrected chi connectivity index (χ0v) is 10.4. The van der Waals surface area contributed by atoms with Gasteiger partial charge in [-0.2, -0.15) is 0 Å². The first-order valence-electron chi connectivity index (χ1n) is 5.43. The summed E-state index contributed by atoms with van der Waals surface area (Å²) in [7, 11) is 0. The Morgan fingerprint density at radius 3 is 2.89 bits per heavy atom. The standard InChI is InChI=1S/C13H10N2O2S/c1-7-11(13(16)17)15-12(14-7)9-6-18-10-5-3-2-4-8(9)10/h2-6H,1H3,(H,14,15)(H,16,17). The van der Waals surface area contributed by atoms with Crippen molar-refractivity contribution in [3.8, 4) is 11.4 Å². The van der Waals surface area contributed by atoms with Crippen LogP contribution >= 0.6 is 11.3 Å². The molecule has 0 saturated heterocycles. The zero-order valence-electron chi connectivity index (χ0n) is 9.60. The first-order valence-corrected chi connectivity index (χ1v) is 6.31. The predicted molar refractivity (Wildman–Crippen MR) is 71.1 cm³/mol. The fraction of sp³-hybridized carbons (Fsp3) is 0.0769. The van der Waals surface area contributed by atoms with Crippen LogP contribution in [0.4, 0.5) is 0 Å². The zero-order chi connectivity index (χ0) is 12.7. The van der Waals surface area contributed by atoms with E-state index in [0.717, 1.165) is 10.9 Å². The second-order valence-corrected chi connectivity index (χ2v) is 4.92. The van der Waals surface area contributed by atoms with Crippen LogP contribution in [0.5, 0.6) is 0 Å². The molecule has 0 bridgehead atoms. The van der Waals surface area contributed by atoms with Crippen molar-refractivity contribution in [2.24, 2.45) is 0 Å². The van der Waals surface area contributed by atoms with E-state index in [1.165, 1.54) is 4.70 Å². The van der Waals surface area contributed by atoms with Gasteiger partial charge in [0.25, 0.3) is 0 Å². The molecule has 1 aromatic carbocycles. The number of rotatable bonds is 2. The lowest BCUT2D eigenvalue weighted by molar-refractivity contribution is 0.0690. The summed E-state index contributed by atoms with van der Waals surface area (Å²) in [6.07, 6.45) is 0. The molecule has 0 radical (unpaired) electrons. The van der Waals surface area contributed by atoms with Crippen LogP contribution in [-0.4, -0.2) is 21.0 Å². The van der Waals surface area contributed by atoms with Crippen LogP contribution in [0.3, 0.4) is 0 Å². The van der Waals surface area contributed by atoms with E-state index in [0.29, 0.717) is 11.5 Å². The van der Waals surface area contributed by atoms with Crippen molar-refractivity contribution in [1.82, 2.24) is 9.97 Å². The van der Waals surface area contributed by atoms with Crippen LogP contribution in [0.15, 0.2) is 29.6 Å². The number of fused-ring (bicyclic) bond motifs is 1. The van der Waals surface area contributed by atoms with E-state index in [-0.39, 0.29) is 5.69 Å². The lowest BCUT2D eigenvalue weighted by Gasteiger charge is -1.93. The third kappa shape index (κ3) is 1.60. The molecule has 0 atom stereocenters. The Bertz CT molecular complexity index is 742. The van der Waals surface area contributed by atoms with Gasteiger partial charge in [0.1, 0.15) is 5.82 Å². The molecule has 0 spiro atoms. The van der Waals surface area contributed by atoms with Crippen LogP contribution in [-0.2, 0) is 0 Å². The molecule has 0 aliphatic carbocycles. The molecule has 0 unspecified atom stereocenters. The van der Waals surface area contributed by atoms with Crippen LogP contribution < -0.4 is 0 Å². The number of aryl methyl sites for hydroxylation is 1. The lowest BCUT2D eigenvalue weighted by atomic mass is 10.2. The van der Waals surface area contributed by atoms with E-state index in [4.69, 9.17) is 5.11 Å². The Kier molecular flexibility index (Phi) is 2.41. The van der Waals surface area contributed by atoms with Crippen LogP contribution in [0.2, 0.25) is 0 Å². The van der Waals surface area contributed by atoms with E-state index in [9.17, 15) is 4.79 Å². The maximum Gasteiger partial charge on any atom is 0.356 e. The number of hydrogen-bond acceptors (Lipinski definition) is 3. The number of carbonyl (C=O) groups is 1. The molecule has 0 aliphatic rings. The molecule has 2 aromatic heterocycles. The monoisotopic (exact) mass is 258 g/mol. The van der Waals surface area contributed by atoms with Crippen molar-refractivity contribution >= 4 is 27.4 Å². The second-order valence-electron chi connectivity index (χ2n) is 4.01. The number of aromatic amines is 1. The predicted octanol–water partition coefficient (Wildman–Crippen LogP) is 3.30. The first kappa shape index (κ1) is 11.0. The summed E-state index contributed by atoms with van der Waals surface area (Å²) in [5, 5.41) is 12.1. The first-order chi connectivity index (χ1) is 8.66. The average molecular weight is 258 g/mol. The molecule has 2 N–H and O–H groups in total. The molecule has 4 nitrogen and oxygen atoms in total. The largest absolute Gasteiger partial charge is 0.476 e. The second kappa shape index (κ2) is 3.96. The maximum absolute atomic E-state index is 11.0. The van der Waals surface area contributed by atoms with Gasteiger partial charge >= 0.3 is 5.97 Å². The van der Waals surface area contributed by atoms with Crippen molar-refractivity contribution in [3.63, 3.8) is 0 Å². The summed E-state index contributed by atoms with van der Waals surface area (Å²) in [6, 6.07) is 8.00. The Hall–Kier alpha value is -2.14. The van der Waals surface area contributed by atoms with Gasteiger partial charge in [-0.05, 0) is 13.0 Å². The summed E-state index contributed by atoms with van der Waals surface area (Å²) in [6.45, 7) is 1.72. The van der Waals surface area contributed by atoms with Gasteiger partial charge in [-0.25, -0.2) is 9.78 Å². The normalized spacial score (nSPS) is 10.9. The molecule has 0 fully saturated rings. The molecule has 0 aliphatic heterocycles. The Labute approximate surface area is 107 Å². The number of nitrogens with zero attached hydrogens (tertiary/aromatic N) is 1. The summed E-state index contributed by atoms with van der Waals surface area (Å²) in [4.78, 5) is 18.2. The molecule has 3 aromatic rings. The molecule has 5 heteroatoms. The van der Waals surface area contributed by atoms with Crippen LogP contribution in [0, 0.1) is 6.92 Å². The Morgan fingerprint density at radius 1 is 1.39 bits per heavy atom. The SMILES string of the molecule is Cc1[nH]c(-c2csc3ccccc23)nc1C(=O)O. The summed E-state index contributed by atoms with van der Waals surface area (Å²) >= 11 is 1.62. The minimum Gasteiger partial charge on any atom is -0.476 e. The number of aromatic carboxylic acids is 1. The highest BCUT2D eigenvalue weighted by Crippen LogP contribution is 2.32. The van der Waals surface area contributed by atoms with Gasteiger partial charge in [-0.3, -0.25) is 0 Å². The van der Waals surface area contributed by atoms with Gasteiger partial charge in [0, 0.05) is 26.7 Å². The number of thiophene rings is 1. The average Bonchev–Trinajstić information content (AvgIpc) is 2.92. The van der Waals surface area contributed by atoms with Gasteiger partial charge in [0.05, 0.1) is 0 Å². The highest BCUT2D eigenvalue weighted by atomic mass is 32.1. The van der Waals surface area contributed by atoms with Gasteiger partial charge in [-0.15, -0.1) is 11.3 Å². The molecule has 18 heavy (non-hydrogen) atoms. The van der Waals surface area contributed by atoms with Crippen LogP contribution in [0.1, 0.15) is 16.2 Å². The minimum absolute atomic E-state index is 0.0836. The number of nitrogens with one attached hydrogen (secondary N) is 1. The molecule has 0 amide bonds. The highest BCUT2D eigenvalue weighted by molar-refractivity contribution is 7.17. The van der Waals surface area contributed by atoms with Crippen molar-refractivity contribution in [2.45, 2.75) is 6.92 Å². The topological polar surface area (TPSA) is 66.0 Å². The number of imidazole rings is 1. The molecule has 3 rings (SSSR count). The van der Waals surface area contributed by atoms with Gasteiger partial charge in [0.2, 0.25) is 0 Å². The van der Waals surface area contributed by atoms with E-state index in [2.05, 4.69) is 9.97 Å². The number of carboxylic acids is 1. The van der Waals surface area contributed by atoms with Crippen molar-refractivity contribution in [2.75, 3.05) is 0 Å². The van der Waals surface area contributed by atoms with Gasteiger partial charge in [-0.1, -0.05) is 18.2 Å². The lowest BCUT2D eigenvalue weighted by Crippen LogP contribution is -1.98. The molecule has 90 valence electrons. The third-order valence-corrected chi connectivity index (χ3v) is 3.79. The van der Waals surface area contributed by atoms with Crippen molar-refractivity contribution in [3.05, 3.63) is 41.0 Å². The third-order valence-electron chi connectivity index (χ3n) is 2.82. The minimum atomic E-state index is -1.01. The maximum atomic E-state index is 11.0. The summed E-state index contributed by atoms with van der Waals surface area (Å²) in [5.74, 6) is -0.392.